The predicted molar refractivity (Wildman–Crippen MR) is 87.8 cm³/mol. The van der Waals surface area contributed by atoms with Crippen molar-refractivity contribution in [1.82, 2.24) is 24.4 Å². The molecule has 0 saturated heterocycles. The average Bonchev–Trinajstić information content (AvgIpc) is 3.32. The second-order valence-electron chi connectivity index (χ2n) is 6.16. The van der Waals surface area contributed by atoms with Gasteiger partial charge in [-0.05, 0) is 37.1 Å². The number of pyridine rings is 1. The zero-order valence-electron chi connectivity index (χ0n) is 13.5. The van der Waals surface area contributed by atoms with E-state index in [1.54, 1.807) is 21.5 Å². The van der Waals surface area contributed by atoms with Crippen molar-refractivity contribution >= 4 is 5.65 Å². The van der Waals surface area contributed by atoms with Crippen molar-refractivity contribution in [3.05, 3.63) is 59.7 Å². The summed E-state index contributed by atoms with van der Waals surface area (Å²) in [5.41, 5.74) is 2.21. The van der Waals surface area contributed by atoms with Crippen molar-refractivity contribution in [3.63, 3.8) is 0 Å². The Morgan fingerprint density at radius 1 is 0.962 bits per heavy atom. The monoisotopic (exact) mass is 355 g/mol. The first kappa shape index (κ1) is 15.1. The van der Waals surface area contributed by atoms with Gasteiger partial charge in [-0.15, -0.1) is 5.10 Å². The molecule has 4 heterocycles. The summed E-state index contributed by atoms with van der Waals surface area (Å²) in [6.07, 6.45) is 3.40. The van der Waals surface area contributed by atoms with Gasteiger partial charge >= 0.3 is 0 Å². The van der Waals surface area contributed by atoms with Crippen LogP contribution < -0.4 is 0 Å². The molecule has 0 aliphatic carbocycles. The van der Waals surface area contributed by atoms with E-state index in [1.807, 2.05) is 12.1 Å². The van der Waals surface area contributed by atoms with E-state index in [9.17, 15) is 13.2 Å². The Balaban J connectivity index is 1.79. The van der Waals surface area contributed by atoms with Gasteiger partial charge in [0.25, 0.3) is 0 Å². The quantitative estimate of drug-likeness (QED) is 0.516. The highest BCUT2D eigenvalue weighted by molar-refractivity contribution is 5.80. The number of halogens is 3. The van der Waals surface area contributed by atoms with Crippen LogP contribution in [0.15, 0.2) is 36.5 Å². The normalized spacial score (nSPS) is 13.5. The van der Waals surface area contributed by atoms with Gasteiger partial charge in [-0.1, -0.05) is 6.07 Å². The van der Waals surface area contributed by atoms with Crippen LogP contribution in [0.2, 0.25) is 0 Å². The number of benzene rings is 1. The van der Waals surface area contributed by atoms with Gasteiger partial charge in [-0.2, -0.15) is 5.10 Å². The number of fused-ring (bicyclic) bond motifs is 2. The predicted octanol–water partition coefficient (Wildman–Crippen LogP) is 3.62. The van der Waals surface area contributed by atoms with Crippen LogP contribution in [-0.2, 0) is 13.0 Å². The molecular weight excluding hydrogens is 343 g/mol. The third kappa shape index (κ3) is 2.08. The molecule has 5 nitrogen and oxygen atoms in total. The van der Waals surface area contributed by atoms with Crippen LogP contribution in [0.5, 0.6) is 0 Å². The SMILES string of the molecule is Fc1ccc(-c2nn3c(c2-c2nc4ccccn4n2)CCC3)c(F)c1F. The van der Waals surface area contributed by atoms with Crippen LogP contribution in [-0.4, -0.2) is 24.4 Å². The van der Waals surface area contributed by atoms with Gasteiger partial charge in [0.1, 0.15) is 5.69 Å². The summed E-state index contributed by atoms with van der Waals surface area (Å²) < 4.78 is 44.9. The van der Waals surface area contributed by atoms with E-state index in [2.05, 4.69) is 15.2 Å². The van der Waals surface area contributed by atoms with E-state index in [0.29, 0.717) is 23.6 Å². The third-order valence-corrected chi connectivity index (χ3v) is 4.60. The van der Waals surface area contributed by atoms with E-state index < -0.39 is 17.5 Å². The molecule has 0 radical (unpaired) electrons. The maximum absolute atomic E-state index is 14.4. The fourth-order valence-electron chi connectivity index (χ4n) is 3.40. The highest BCUT2D eigenvalue weighted by Gasteiger charge is 2.29. The summed E-state index contributed by atoms with van der Waals surface area (Å²) in [4.78, 5) is 4.50. The molecular formula is C18H12F3N5. The summed E-state index contributed by atoms with van der Waals surface area (Å²) in [5.74, 6) is -3.61. The Morgan fingerprint density at radius 2 is 1.85 bits per heavy atom. The van der Waals surface area contributed by atoms with Crippen LogP contribution in [0.25, 0.3) is 28.3 Å². The molecule has 3 aromatic heterocycles. The summed E-state index contributed by atoms with van der Waals surface area (Å²) in [6, 6.07) is 7.57. The van der Waals surface area contributed by atoms with Crippen molar-refractivity contribution in [2.24, 2.45) is 0 Å². The Kier molecular flexibility index (Phi) is 3.15. The molecule has 5 rings (SSSR count). The lowest BCUT2D eigenvalue weighted by atomic mass is 10.0. The van der Waals surface area contributed by atoms with Gasteiger partial charge in [0, 0.05) is 18.3 Å². The van der Waals surface area contributed by atoms with Crippen molar-refractivity contribution < 1.29 is 13.2 Å². The minimum atomic E-state index is -1.51. The van der Waals surface area contributed by atoms with E-state index in [-0.39, 0.29) is 11.3 Å². The smallest absolute Gasteiger partial charge is 0.195 e. The highest BCUT2D eigenvalue weighted by Crippen LogP contribution is 2.37. The van der Waals surface area contributed by atoms with Crippen molar-refractivity contribution in [1.29, 1.82) is 0 Å². The van der Waals surface area contributed by atoms with Gasteiger partial charge < -0.3 is 0 Å². The van der Waals surface area contributed by atoms with E-state index in [4.69, 9.17) is 0 Å². The number of aromatic nitrogens is 5. The highest BCUT2D eigenvalue weighted by atomic mass is 19.2. The number of hydrogen-bond donors (Lipinski definition) is 0. The first-order chi connectivity index (χ1) is 12.6. The molecule has 8 heteroatoms. The molecule has 0 unspecified atom stereocenters. The maximum atomic E-state index is 14.4. The minimum Gasteiger partial charge on any atom is -0.268 e. The first-order valence-electron chi connectivity index (χ1n) is 8.19. The van der Waals surface area contributed by atoms with Crippen molar-refractivity contribution in [2.75, 3.05) is 0 Å². The molecule has 0 fully saturated rings. The van der Waals surface area contributed by atoms with Crippen molar-refractivity contribution in [3.8, 4) is 22.6 Å². The van der Waals surface area contributed by atoms with Crippen LogP contribution in [0.1, 0.15) is 12.1 Å². The summed E-state index contributed by atoms with van der Waals surface area (Å²) in [6.45, 7) is 0.682. The van der Waals surface area contributed by atoms with Crippen LogP contribution in [0, 0.1) is 17.5 Å². The topological polar surface area (TPSA) is 48.0 Å². The number of rotatable bonds is 2. The molecule has 1 aliphatic heterocycles. The van der Waals surface area contributed by atoms with E-state index in [0.717, 1.165) is 24.6 Å². The molecule has 26 heavy (non-hydrogen) atoms. The molecule has 1 aliphatic rings. The van der Waals surface area contributed by atoms with Gasteiger partial charge in [-0.25, -0.2) is 22.7 Å². The molecule has 0 amide bonds. The average molecular weight is 355 g/mol. The fraction of sp³-hybridized carbons (Fsp3) is 0.167. The molecule has 130 valence electrons. The molecule has 0 N–H and O–H groups in total. The lowest BCUT2D eigenvalue weighted by molar-refractivity contribution is 0.448. The van der Waals surface area contributed by atoms with Crippen LogP contribution in [0.3, 0.4) is 0 Å². The standard InChI is InChI=1S/C18H12F3N5/c19-11-7-6-10(15(20)16(11)21)17-14(12-4-3-9-25(12)23-17)18-22-13-5-1-2-8-26(13)24-18/h1-2,5-8H,3-4,9H2. The lowest BCUT2D eigenvalue weighted by Gasteiger charge is -2.04. The van der Waals surface area contributed by atoms with Crippen molar-refractivity contribution in [2.45, 2.75) is 19.4 Å². The minimum absolute atomic E-state index is 0.0975. The molecule has 0 bridgehead atoms. The second kappa shape index (κ2) is 5.42. The number of hydrogen-bond acceptors (Lipinski definition) is 3. The molecule has 1 aromatic carbocycles. The third-order valence-electron chi connectivity index (χ3n) is 4.60. The first-order valence-corrected chi connectivity index (χ1v) is 8.19. The zero-order valence-corrected chi connectivity index (χ0v) is 13.5. The largest absolute Gasteiger partial charge is 0.268 e. The van der Waals surface area contributed by atoms with E-state index >= 15 is 0 Å². The number of nitrogens with zero attached hydrogens (tertiary/aromatic N) is 5. The number of aryl methyl sites for hydroxylation is 1. The van der Waals surface area contributed by atoms with Gasteiger partial charge in [-0.3, -0.25) is 4.68 Å². The van der Waals surface area contributed by atoms with E-state index in [1.165, 1.54) is 6.07 Å². The fourth-order valence-corrected chi connectivity index (χ4v) is 3.40. The Morgan fingerprint density at radius 3 is 2.69 bits per heavy atom. The lowest BCUT2D eigenvalue weighted by Crippen LogP contribution is -1.97. The van der Waals surface area contributed by atoms with Crippen LogP contribution in [0.4, 0.5) is 13.2 Å². The Labute approximate surface area is 145 Å². The summed E-state index contributed by atoms with van der Waals surface area (Å²) in [5, 5.41) is 8.89. The molecule has 0 spiro atoms. The van der Waals surface area contributed by atoms with Gasteiger partial charge in [0.2, 0.25) is 0 Å². The molecule has 4 aromatic rings. The van der Waals surface area contributed by atoms with Gasteiger partial charge in [0.05, 0.1) is 11.3 Å². The van der Waals surface area contributed by atoms with Crippen LogP contribution >= 0.6 is 0 Å². The molecule has 0 saturated carbocycles. The summed E-state index contributed by atoms with van der Waals surface area (Å²) in [7, 11) is 0. The molecule has 0 atom stereocenters. The Hall–Kier alpha value is -3.16. The van der Waals surface area contributed by atoms with Gasteiger partial charge in [0.15, 0.2) is 28.9 Å². The maximum Gasteiger partial charge on any atom is 0.195 e. The zero-order chi connectivity index (χ0) is 17.8. The second-order valence-corrected chi connectivity index (χ2v) is 6.16. The Bertz CT molecular complexity index is 1130. The summed E-state index contributed by atoms with van der Waals surface area (Å²) >= 11 is 0.